The molecule has 24 heavy (non-hydrogen) atoms. The van der Waals surface area contributed by atoms with E-state index < -0.39 is 0 Å². The van der Waals surface area contributed by atoms with Crippen molar-refractivity contribution in [2.45, 2.75) is 13.0 Å². The van der Waals surface area contributed by atoms with E-state index in [4.69, 9.17) is 4.74 Å². The van der Waals surface area contributed by atoms with E-state index in [9.17, 15) is 9.18 Å². The second-order valence-electron chi connectivity index (χ2n) is 5.75. The molecule has 0 saturated heterocycles. The van der Waals surface area contributed by atoms with Crippen molar-refractivity contribution in [2.24, 2.45) is 0 Å². The van der Waals surface area contributed by atoms with Gasteiger partial charge in [0.2, 0.25) is 5.91 Å². The number of nitrogens with zero attached hydrogens (tertiary/aromatic N) is 1. The Morgan fingerprint density at radius 3 is 2.33 bits per heavy atom. The summed E-state index contributed by atoms with van der Waals surface area (Å²) in [5.41, 5.74) is 2.13. The zero-order chi connectivity index (χ0) is 17.4. The molecule has 1 amide bonds. The second-order valence-corrected chi connectivity index (χ2v) is 5.75. The standard InChI is InChI=1S/C19H23FN2O2/c1-22(13-16-5-9-18(24-2)10-6-16)14-19(23)21-12-11-15-3-7-17(20)8-4-15/h3-10H,11-14H2,1-2H3,(H,21,23). The third kappa shape index (κ3) is 6.01. The number of methoxy groups -OCH3 is 1. The molecule has 0 fully saturated rings. The van der Waals surface area contributed by atoms with Crippen LogP contribution in [-0.4, -0.2) is 38.1 Å². The number of ether oxygens (including phenoxy) is 1. The van der Waals surface area contributed by atoms with Crippen molar-refractivity contribution in [2.75, 3.05) is 27.2 Å². The first-order valence-electron chi connectivity index (χ1n) is 7.89. The van der Waals surface area contributed by atoms with Crippen LogP contribution < -0.4 is 10.1 Å². The van der Waals surface area contributed by atoms with E-state index in [2.05, 4.69) is 5.32 Å². The van der Waals surface area contributed by atoms with Crippen LogP contribution in [0.1, 0.15) is 11.1 Å². The largest absolute Gasteiger partial charge is 0.497 e. The highest BCUT2D eigenvalue weighted by molar-refractivity contribution is 5.77. The van der Waals surface area contributed by atoms with Gasteiger partial charge in [0.05, 0.1) is 13.7 Å². The lowest BCUT2D eigenvalue weighted by molar-refractivity contribution is -0.122. The van der Waals surface area contributed by atoms with Crippen molar-refractivity contribution in [3.05, 3.63) is 65.5 Å². The average Bonchev–Trinajstić information content (AvgIpc) is 2.57. The Balaban J connectivity index is 1.69. The van der Waals surface area contributed by atoms with Gasteiger partial charge < -0.3 is 10.1 Å². The van der Waals surface area contributed by atoms with Crippen molar-refractivity contribution in [3.8, 4) is 5.75 Å². The maximum absolute atomic E-state index is 12.8. The number of carbonyl (C=O) groups excluding carboxylic acids is 1. The number of nitrogens with one attached hydrogen (secondary N) is 1. The third-order valence-electron chi connectivity index (χ3n) is 3.67. The van der Waals surface area contributed by atoms with E-state index in [0.717, 1.165) is 16.9 Å². The number of likely N-dealkylation sites (N-methyl/N-ethyl adjacent to an activating group) is 1. The Morgan fingerprint density at radius 1 is 1.08 bits per heavy atom. The zero-order valence-electron chi connectivity index (χ0n) is 14.1. The molecular formula is C19H23FN2O2. The first kappa shape index (κ1) is 17.9. The third-order valence-corrected chi connectivity index (χ3v) is 3.67. The first-order valence-corrected chi connectivity index (χ1v) is 7.89. The molecule has 0 atom stereocenters. The molecule has 2 aromatic carbocycles. The molecule has 0 saturated carbocycles. The minimum Gasteiger partial charge on any atom is -0.497 e. The molecule has 0 unspecified atom stereocenters. The fraction of sp³-hybridized carbons (Fsp3) is 0.316. The van der Waals surface area contributed by atoms with Gasteiger partial charge in [-0.2, -0.15) is 0 Å². The lowest BCUT2D eigenvalue weighted by Gasteiger charge is -2.16. The molecule has 5 heteroatoms. The van der Waals surface area contributed by atoms with Crippen LogP contribution >= 0.6 is 0 Å². The minimum atomic E-state index is -0.247. The quantitative estimate of drug-likeness (QED) is 0.809. The first-order chi connectivity index (χ1) is 11.6. The van der Waals surface area contributed by atoms with E-state index in [0.29, 0.717) is 26.1 Å². The summed E-state index contributed by atoms with van der Waals surface area (Å²) in [7, 11) is 3.54. The predicted octanol–water partition coefficient (Wildman–Crippen LogP) is 2.63. The average molecular weight is 330 g/mol. The molecule has 0 spiro atoms. The Morgan fingerprint density at radius 2 is 1.71 bits per heavy atom. The van der Waals surface area contributed by atoms with Crippen LogP contribution in [0.15, 0.2) is 48.5 Å². The van der Waals surface area contributed by atoms with E-state index >= 15 is 0 Å². The fourth-order valence-corrected chi connectivity index (χ4v) is 2.40. The van der Waals surface area contributed by atoms with Gasteiger partial charge in [-0.15, -0.1) is 0 Å². The van der Waals surface area contributed by atoms with Crippen molar-refractivity contribution in [1.82, 2.24) is 10.2 Å². The summed E-state index contributed by atoms with van der Waals surface area (Å²) in [5, 5.41) is 2.89. The summed E-state index contributed by atoms with van der Waals surface area (Å²) in [6, 6.07) is 14.1. The number of hydrogen-bond donors (Lipinski definition) is 1. The van der Waals surface area contributed by atoms with Crippen molar-refractivity contribution in [1.29, 1.82) is 0 Å². The maximum atomic E-state index is 12.8. The maximum Gasteiger partial charge on any atom is 0.234 e. The fourth-order valence-electron chi connectivity index (χ4n) is 2.40. The van der Waals surface area contributed by atoms with Gasteiger partial charge in [-0.25, -0.2) is 4.39 Å². The highest BCUT2D eigenvalue weighted by Crippen LogP contribution is 2.12. The number of halogens is 1. The molecular weight excluding hydrogens is 307 g/mol. The highest BCUT2D eigenvalue weighted by Gasteiger charge is 2.07. The van der Waals surface area contributed by atoms with E-state index in [-0.39, 0.29) is 11.7 Å². The van der Waals surface area contributed by atoms with Gasteiger partial charge in [0.1, 0.15) is 11.6 Å². The molecule has 1 N–H and O–H groups in total. The summed E-state index contributed by atoms with van der Waals surface area (Å²) in [6.45, 7) is 1.56. The van der Waals surface area contributed by atoms with Gasteiger partial charge in [-0.3, -0.25) is 9.69 Å². The van der Waals surface area contributed by atoms with Crippen LogP contribution in [0.4, 0.5) is 4.39 Å². The van der Waals surface area contributed by atoms with Crippen molar-refractivity contribution < 1.29 is 13.9 Å². The molecule has 0 radical (unpaired) electrons. The van der Waals surface area contributed by atoms with Crippen LogP contribution in [0.25, 0.3) is 0 Å². The van der Waals surface area contributed by atoms with Gasteiger partial charge in [0, 0.05) is 13.1 Å². The molecule has 0 aliphatic carbocycles. The van der Waals surface area contributed by atoms with Crippen LogP contribution in [0.2, 0.25) is 0 Å². The van der Waals surface area contributed by atoms with E-state index in [1.54, 1.807) is 19.2 Å². The van der Waals surface area contributed by atoms with Crippen LogP contribution in [0, 0.1) is 5.82 Å². The summed E-state index contributed by atoms with van der Waals surface area (Å²) >= 11 is 0. The molecule has 2 aromatic rings. The van der Waals surface area contributed by atoms with Gasteiger partial charge in [0.15, 0.2) is 0 Å². The van der Waals surface area contributed by atoms with Crippen molar-refractivity contribution in [3.63, 3.8) is 0 Å². The molecule has 0 bridgehead atoms. The van der Waals surface area contributed by atoms with Gasteiger partial charge in [-0.05, 0) is 48.9 Å². The Kier molecular flexibility index (Phi) is 6.75. The monoisotopic (exact) mass is 330 g/mol. The van der Waals surface area contributed by atoms with Gasteiger partial charge in [0.25, 0.3) is 0 Å². The van der Waals surface area contributed by atoms with Crippen LogP contribution in [0.5, 0.6) is 5.75 Å². The lowest BCUT2D eigenvalue weighted by Crippen LogP contribution is -2.35. The number of benzene rings is 2. The summed E-state index contributed by atoms with van der Waals surface area (Å²) < 4.78 is 17.9. The minimum absolute atomic E-state index is 0.0203. The molecule has 0 aromatic heterocycles. The van der Waals surface area contributed by atoms with Crippen molar-refractivity contribution >= 4 is 5.91 Å². The summed E-state index contributed by atoms with van der Waals surface area (Å²) in [6.07, 6.45) is 0.689. The molecule has 0 aliphatic heterocycles. The topological polar surface area (TPSA) is 41.6 Å². The molecule has 0 aliphatic rings. The van der Waals surface area contributed by atoms with Gasteiger partial charge >= 0.3 is 0 Å². The Bertz CT molecular complexity index is 641. The molecule has 0 heterocycles. The SMILES string of the molecule is COc1ccc(CN(C)CC(=O)NCCc2ccc(F)cc2)cc1. The number of amides is 1. The van der Waals surface area contributed by atoms with Gasteiger partial charge in [-0.1, -0.05) is 24.3 Å². The zero-order valence-corrected chi connectivity index (χ0v) is 14.1. The van der Waals surface area contributed by atoms with E-state index in [1.165, 1.54) is 12.1 Å². The Hall–Kier alpha value is -2.40. The van der Waals surface area contributed by atoms with Crippen LogP contribution in [-0.2, 0) is 17.8 Å². The molecule has 2 rings (SSSR count). The van der Waals surface area contributed by atoms with E-state index in [1.807, 2.05) is 36.2 Å². The molecule has 128 valence electrons. The predicted molar refractivity (Wildman–Crippen MR) is 92.4 cm³/mol. The summed E-state index contributed by atoms with van der Waals surface area (Å²) in [5.74, 6) is 0.552. The molecule has 4 nitrogen and oxygen atoms in total. The number of rotatable bonds is 8. The Labute approximate surface area is 142 Å². The number of hydrogen-bond acceptors (Lipinski definition) is 3. The normalized spacial score (nSPS) is 10.7. The highest BCUT2D eigenvalue weighted by atomic mass is 19.1. The summed E-state index contributed by atoms with van der Waals surface area (Å²) in [4.78, 5) is 13.9. The number of carbonyl (C=O) groups is 1. The second kappa shape index (κ2) is 9.03. The smallest absolute Gasteiger partial charge is 0.234 e. The lowest BCUT2D eigenvalue weighted by atomic mass is 10.1. The van der Waals surface area contributed by atoms with Crippen LogP contribution in [0.3, 0.4) is 0 Å².